The summed E-state index contributed by atoms with van der Waals surface area (Å²) >= 11 is 3.50. The van der Waals surface area contributed by atoms with Crippen molar-refractivity contribution in [1.82, 2.24) is 14.7 Å². The molecule has 4 nitrogen and oxygen atoms in total. The second-order valence-electron chi connectivity index (χ2n) is 4.23. The summed E-state index contributed by atoms with van der Waals surface area (Å²) in [5.41, 5.74) is 0.678. The van der Waals surface area contributed by atoms with Crippen LogP contribution in [0.15, 0.2) is 12.3 Å². The molecule has 1 fully saturated rings. The Bertz CT molecular complexity index is 369. The summed E-state index contributed by atoms with van der Waals surface area (Å²) < 4.78 is 1.64. The van der Waals surface area contributed by atoms with E-state index in [1.54, 1.807) is 24.0 Å². The molecule has 1 amide bonds. The molecule has 0 bridgehead atoms. The van der Waals surface area contributed by atoms with Gasteiger partial charge in [0, 0.05) is 31.7 Å². The normalized spacial score (nSPS) is 17.8. The molecule has 0 saturated carbocycles. The lowest BCUT2D eigenvalue weighted by Crippen LogP contribution is -2.39. The zero-order chi connectivity index (χ0) is 11.5. The van der Waals surface area contributed by atoms with E-state index in [1.807, 2.05) is 4.90 Å². The van der Waals surface area contributed by atoms with Crippen LogP contribution in [-0.2, 0) is 7.05 Å². The second kappa shape index (κ2) is 4.99. The molecule has 2 rings (SSSR count). The summed E-state index contributed by atoms with van der Waals surface area (Å²) in [6, 6.07) is 1.78. The predicted octanol–water partition coefficient (Wildman–Crippen LogP) is 1.67. The predicted molar refractivity (Wildman–Crippen MR) is 65.6 cm³/mol. The SMILES string of the molecule is Cn1nccc1C(=O)N1CCC(CBr)CC1. The number of amides is 1. The zero-order valence-electron chi connectivity index (χ0n) is 9.40. The van der Waals surface area contributed by atoms with Crippen LogP contribution in [-0.4, -0.2) is 39.0 Å². The Balaban J connectivity index is 2.00. The highest BCUT2D eigenvalue weighted by molar-refractivity contribution is 9.09. The number of aromatic nitrogens is 2. The van der Waals surface area contributed by atoms with Crippen LogP contribution >= 0.6 is 15.9 Å². The van der Waals surface area contributed by atoms with Gasteiger partial charge >= 0.3 is 0 Å². The summed E-state index contributed by atoms with van der Waals surface area (Å²) in [5, 5.41) is 5.07. The number of carbonyl (C=O) groups excluding carboxylic acids is 1. The Hall–Kier alpha value is -0.840. The highest BCUT2D eigenvalue weighted by Crippen LogP contribution is 2.20. The first-order chi connectivity index (χ1) is 7.72. The van der Waals surface area contributed by atoms with Crippen LogP contribution < -0.4 is 0 Å². The fraction of sp³-hybridized carbons (Fsp3) is 0.636. The maximum Gasteiger partial charge on any atom is 0.272 e. The van der Waals surface area contributed by atoms with Gasteiger partial charge in [-0.05, 0) is 24.8 Å². The van der Waals surface area contributed by atoms with Gasteiger partial charge in [0.1, 0.15) is 5.69 Å². The van der Waals surface area contributed by atoms with Crippen LogP contribution in [0.2, 0.25) is 0 Å². The van der Waals surface area contributed by atoms with Gasteiger partial charge in [-0.1, -0.05) is 15.9 Å². The maximum atomic E-state index is 12.1. The first kappa shape index (κ1) is 11.6. The van der Waals surface area contributed by atoms with Gasteiger partial charge < -0.3 is 4.90 Å². The molecule has 1 aliphatic heterocycles. The molecule has 2 heterocycles. The highest BCUT2D eigenvalue weighted by atomic mass is 79.9. The second-order valence-corrected chi connectivity index (χ2v) is 4.88. The molecule has 0 atom stereocenters. The number of hydrogen-bond donors (Lipinski definition) is 0. The summed E-state index contributed by atoms with van der Waals surface area (Å²) in [6.45, 7) is 1.72. The zero-order valence-corrected chi connectivity index (χ0v) is 11.0. The van der Waals surface area contributed by atoms with Crippen molar-refractivity contribution >= 4 is 21.8 Å². The van der Waals surface area contributed by atoms with Gasteiger partial charge in [0.05, 0.1) is 0 Å². The van der Waals surface area contributed by atoms with E-state index in [9.17, 15) is 4.79 Å². The Morgan fingerprint density at radius 3 is 2.75 bits per heavy atom. The summed E-state index contributed by atoms with van der Waals surface area (Å²) in [4.78, 5) is 14.1. The van der Waals surface area contributed by atoms with E-state index in [4.69, 9.17) is 0 Å². The number of hydrogen-bond acceptors (Lipinski definition) is 2. The van der Waals surface area contributed by atoms with E-state index < -0.39 is 0 Å². The molecular formula is C11H16BrN3O. The number of halogens is 1. The number of nitrogens with zero attached hydrogens (tertiary/aromatic N) is 3. The lowest BCUT2D eigenvalue weighted by Gasteiger charge is -2.31. The Kier molecular flexibility index (Phi) is 3.63. The fourth-order valence-corrected chi connectivity index (χ4v) is 2.68. The summed E-state index contributed by atoms with van der Waals surface area (Å²) in [7, 11) is 1.80. The van der Waals surface area contributed by atoms with Crippen LogP contribution in [0.4, 0.5) is 0 Å². The minimum Gasteiger partial charge on any atom is -0.337 e. The standard InChI is InChI=1S/C11H16BrN3O/c1-14-10(2-5-13-14)11(16)15-6-3-9(8-12)4-7-15/h2,5,9H,3-4,6-8H2,1H3. The lowest BCUT2D eigenvalue weighted by atomic mass is 9.99. The smallest absolute Gasteiger partial charge is 0.272 e. The minimum absolute atomic E-state index is 0.105. The average molecular weight is 286 g/mol. The Morgan fingerprint density at radius 1 is 1.56 bits per heavy atom. The Labute approximate surface area is 104 Å². The number of piperidine rings is 1. The third-order valence-corrected chi connectivity index (χ3v) is 4.08. The van der Waals surface area contributed by atoms with E-state index in [-0.39, 0.29) is 5.91 Å². The molecule has 0 aliphatic carbocycles. The van der Waals surface area contributed by atoms with E-state index in [2.05, 4.69) is 21.0 Å². The summed E-state index contributed by atoms with van der Waals surface area (Å²) in [6.07, 6.45) is 3.85. The molecule has 0 N–H and O–H groups in total. The van der Waals surface area contributed by atoms with Crippen LogP contribution in [0, 0.1) is 5.92 Å². The van der Waals surface area contributed by atoms with Gasteiger partial charge in [-0.15, -0.1) is 0 Å². The van der Waals surface area contributed by atoms with Crippen LogP contribution in [0.5, 0.6) is 0 Å². The highest BCUT2D eigenvalue weighted by Gasteiger charge is 2.24. The molecule has 0 radical (unpaired) electrons. The van der Waals surface area contributed by atoms with Gasteiger partial charge in [0.25, 0.3) is 5.91 Å². The van der Waals surface area contributed by atoms with Gasteiger partial charge in [-0.3, -0.25) is 9.48 Å². The first-order valence-electron chi connectivity index (χ1n) is 5.55. The van der Waals surface area contributed by atoms with Crippen molar-refractivity contribution in [3.8, 4) is 0 Å². The quantitative estimate of drug-likeness (QED) is 0.776. The molecule has 1 aromatic heterocycles. The van der Waals surface area contributed by atoms with Crippen molar-refractivity contribution in [2.45, 2.75) is 12.8 Å². The molecule has 16 heavy (non-hydrogen) atoms. The molecule has 1 aromatic rings. The number of likely N-dealkylation sites (tertiary alicyclic amines) is 1. The molecule has 0 unspecified atom stereocenters. The van der Waals surface area contributed by atoms with Gasteiger partial charge in [0.2, 0.25) is 0 Å². The largest absolute Gasteiger partial charge is 0.337 e. The molecule has 5 heteroatoms. The third-order valence-electron chi connectivity index (χ3n) is 3.16. The van der Waals surface area contributed by atoms with Crippen LogP contribution in [0.25, 0.3) is 0 Å². The van der Waals surface area contributed by atoms with Crippen molar-refractivity contribution in [1.29, 1.82) is 0 Å². The van der Waals surface area contributed by atoms with Crippen molar-refractivity contribution in [3.63, 3.8) is 0 Å². The van der Waals surface area contributed by atoms with Gasteiger partial charge in [0.15, 0.2) is 0 Å². The van der Waals surface area contributed by atoms with E-state index in [0.717, 1.165) is 37.2 Å². The molecule has 0 aromatic carbocycles. The molecule has 1 saturated heterocycles. The van der Waals surface area contributed by atoms with Gasteiger partial charge in [-0.25, -0.2) is 0 Å². The Morgan fingerprint density at radius 2 is 2.25 bits per heavy atom. The first-order valence-corrected chi connectivity index (χ1v) is 6.67. The van der Waals surface area contributed by atoms with E-state index in [1.165, 1.54) is 0 Å². The van der Waals surface area contributed by atoms with Gasteiger partial charge in [-0.2, -0.15) is 5.10 Å². The van der Waals surface area contributed by atoms with E-state index in [0.29, 0.717) is 5.69 Å². The maximum absolute atomic E-state index is 12.1. The monoisotopic (exact) mass is 285 g/mol. The lowest BCUT2D eigenvalue weighted by molar-refractivity contribution is 0.0688. The summed E-state index contributed by atoms with van der Waals surface area (Å²) in [5.74, 6) is 0.823. The minimum atomic E-state index is 0.105. The number of carbonyl (C=O) groups is 1. The number of alkyl halides is 1. The molecule has 88 valence electrons. The molecule has 0 spiro atoms. The number of aryl methyl sites for hydroxylation is 1. The van der Waals surface area contributed by atoms with Crippen LogP contribution in [0.3, 0.4) is 0 Å². The number of rotatable bonds is 2. The molecular weight excluding hydrogens is 270 g/mol. The van der Waals surface area contributed by atoms with Crippen molar-refractivity contribution in [2.75, 3.05) is 18.4 Å². The van der Waals surface area contributed by atoms with E-state index >= 15 is 0 Å². The van der Waals surface area contributed by atoms with Crippen LogP contribution in [0.1, 0.15) is 23.3 Å². The van der Waals surface area contributed by atoms with Crippen molar-refractivity contribution in [3.05, 3.63) is 18.0 Å². The topological polar surface area (TPSA) is 38.1 Å². The van der Waals surface area contributed by atoms with Crippen molar-refractivity contribution in [2.24, 2.45) is 13.0 Å². The van der Waals surface area contributed by atoms with Crippen molar-refractivity contribution < 1.29 is 4.79 Å². The third kappa shape index (κ3) is 2.29. The fourth-order valence-electron chi connectivity index (χ4n) is 2.04. The average Bonchev–Trinajstić information content (AvgIpc) is 2.75. The molecule has 1 aliphatic rings.